The van der Waals surface area contributed by atoms with E-state index in [2.05, 4.69) is 49.1 Å². The van der Waals surface area contributed by atoms with Gasteiger partial charge in [-0.1, -0.05) is 6.07 Å². The van der Waals surface area contributed by atoms with E-state index in [1.807, 2.05) is 12.1 Å². The number of rotatable bonds is 7. The van der Waals surface area contributed by atoms with Gasteiger partial charge in [-0.3, -0.25) is 4.99 Å². The topological polar surface area (TPSA) is 54.9 Å². The Kier molecular flexibility index (Phi) is 10.2. The van der Waals surface area contributed by atoms with Gasteiger partial charge >= 0.3 is 0 Å². The second-order valence-electron chi connectivity index (χ2n) is 5.00. The molecule has 2 aromatic rings. The van der Waals surface area contributed by atoms with Crippen LogP contribution in [0.3, 0.4) is 0 Å². The van der Waals surface area contributed by atoms with Crippen molar-refractivity contribution in [2.24, 2.45) is 4.99 Å². The van der Waals surface area contributed by atoms with Gasteiger partial charge in [0.2, 0.25) is 0 Å². The third kappa shape index (κ3) is 6.67. The van der Waals surface area contributed by atoms with E-state index < -0.39 is 0 Å². The minimum atomic E-state index is 0. The van der Waals surface area contributed by atoms with Gasteiger partial charge in [-0.15, -0.1) is 35.3 Å². The van der Waals surface area contributed by atoms with E-state index in [9.17, 15) is 0 Å². The van der Waals surface area contributed by atoms with E-state index in [0.29, 0.717) is 18.0 Å². The molecule has 0 atom stereocenters. The molecule has 1 aromatic carbocycles. The molecule has 2 N–H and O–H groups in total. The number of guanidine groups is 1. The molecule has 1 heterocycles. The van der Waals surface area contributed by atoms with E-state index in [0.717, 1.165) is 29.0 Å². The van der Waals surface area contributed by atoms with Crippen molar-refractivity contribution in [3.05, 3.63) is 44.6 Å². The van der Waals surface area contributed by atoms with Gasteiger partial charge in [0.15, 0.2) is 17.5 Å². The first-order valence-electron chi connectivity index (χ1n) is 7.55. The Hall–Kier alpha value is -1.00. The van der Waals surface area contributed by atoms with Crippen molar-refractivity contribution >= 4 is 57.2 Å². The van der Waals surface area contributed by atoms with Gasteiger partial charge in [0.25, 0.3) is 0 Å². The highest BCUT2D eigenvalue weighted by atomic mass is 127. The van der Waals surface area contributed by atoms with Crippen molar-refractivity contribution in [1.82, 2.24) is 10.6 Å². The molecule has 0 saturated carbocycles. The van der Waals surface area contributed by atoms with Crippen LogP contribution in [-0.4, -0.2) is 33.8 Å². The average Bonchev–Trinajstić information content (AvgIpc) is 3.10. The van der Waals surface area contributed by atoms with E-state index in [1.165, 1.54) is 4.88 Å². The first-order valence-corrected chi connectivity index (χ1v) is 9.22. The minimum Gasteiger partial charge on any atom is -0.493 e. The van der Waals surface area contributed by atoms with Crippen molar-refractivity contribution in [2.75, 3.05) is 27.8 Å². The van der Waals surface area contributed by atoms with Crippen LogP contribution in [0.15, 0.2) is 39.1 Å². The number of hydrogen-bond acceptors (Lipinski definition) is 4. The van der Waals surface area contributed by atoms with Crippen LogP contribution in [-0.2, 0) is 13.0 Å². The first kappa shape index (κ1) is 22.0. The van der Waals surface area contributed by atoms with Crippen molar-refractivity contribution in [3.63, 3.8) is 0 Å². The highest BCUT2D eigenvalue weighted by Gasteiger charge is 2.10. The van der Waals surface area contributed by atoms with Crippen LogP contribution in [0, 0.1) is 0 Å². The maximum atomic E-state index is 5.37. The number of nitrogens with one attached hydrogen (secondary N) is 2. The molecule has 0 spiro atoms. The number of methoxy groups -OCH3 is 2. The van der Waals surface area contributed by atoms with E-state index in [4.69, 9.17) is 9.47 Å². The van der Waals surface area contributed by atoms with Crippen molar-refractivity contribution in [1.29, 1.82) is 0 Å². The maximum Gasteiger partial charge on any atom is 0.191 e. The molecule has 0 aliphatic rings. The SMILES string of the molecule is CN=C(NCCc1cccs1)NCc1cc(Br)c(OC)c(OC)c1.I. The number of aliphatic imine (C=N–C) groups is 1. The van der Waals surface area contributed by atoms with Crippen LogP contribution in [0.2, 0.25) is 0 Å². The third-order valence-electron chi connectivity index (χ3n) is 3.42. The summed E-state index contributed by atoms with van der Waals surface area (Å²) in [6.45, 7) is 1.48. The van der Waals surface area contributed by atoms with Gasteiger partial charge < -0.3 is 20.1 Å². The zero-order valence-electron chi connectivity index (χ0n) is 14.5. The monoisotopic (exact) mass is 539 g/mol. The second-order valence-corrected chi connectivity index (χ2v) is 6.88. The normalized spacial score (nSPS) is 10.8. The molecular formula is C17H23BrIN3O2S. The molecule has 5 nitrogen and oxygen atoms in total. The summed E-state index contributed by atoms with van der Waals surface area (Å²) in [7, 11) is 5.03. The fraction of sp³-hybridized carbons (Fsp3) is 0.353. The van der Waals surface area contributed by atoms with Gasteiger partial charge in [0.1, 0.15) is 0 Å². The summed E-state index contributed by atoms with van der Waals surface area (Å²) in [5.41, 5.74) is 1.07. The quantitative estimate of drug-likeness (QED) is 0.316. The average molecular weight is 540 g/mol. The van der Waals surface area contributed by atoms with E-state index in [1.54, 1.807) is 32.6 Å². The molecule has 0 aliphatic heterocycles. The van der Waals surface area contributed by atoms with Crippen molar-refractivity contribution < 1.29 is 9.47 Å². The molecule has 25 heavy (non-hydrogen) atoms. The number of thiophene rings is 1. The van der Waals surface area contributed by atoms with Gasteiger partial charge in [-0.05, 0) is 51.5 Å². The molecule has 0 fully saturated rings. The van der Waals surface area contributed by atoms with E-state index >= 15 is 0 Å². The molecule has 2 rings (SSSR count). The first-order chi connectivity index (χ1) is 11.7. The standard InChI is InChI=1S/C17H22BrN3O2S.HI/c1-19-17(20-7-6-13-5-4-8-24-13)21-11-12-9-14(18)16(23-3)15(10-12)22-2;/h4-5,8-10H,6-7,11H2,1-3H3,(H2,19,20,21);1H. The Morgan fingerprint density at radius 1 is 1.24 bits per heavy atom. The molecule has 0 bridgehead atoms. The number of ether oxygens (including phenoxy) is 2. The van der Waals surface area contributed by atoms with Gasteiger partial charge in [-0.2, -0.15) is 0 Å². The van der Waals surface area contributed by atoms with Crippen LogP contribution in [0.1, 0.15) is 10.4 Å². The van der Waals surface area contributed by atoms with Crippen LogP contribution in [0.25, 0.3) is 0 Å². The van der Waals surface area contributed by atoms with Crippen molar-refractivity contribution in [3.8, 4) is 11.5 Å². The predicted octanol–water partition coefficient (Wildman–Crippen LogP) is 4.05. The Bertz CT molecular complexity index is 681. The summed E-state index contributed by atoms with van der Waals surface area (Å²) in [5, 5.41) is 8.72. The molecule has 8 heteroatoms. The van der Waals surface area contributed by atoms with E-state index in [-0.39, 0.29) is 24.0 Å². The summed E-state index contributed by atoms with van der Waals surface area (Å²) < 4.78 is 11.6. The molecule has 0 saturated heterocycles. The molecule has 0 radical (unpaired) electrons. The summed E-state index contributed by atoms with van der Waals surface area (Å²) in [5.74, 6) is 2.17. The lowest BCUT2D eigenvalue weighted by atomic mass is 10.2. The lowest BCUT2D eigenvalue weighted by Crippen LogP contribution is -2.37. The predicted molar refractivity (Wildman–Crippen MR) is 119 cm³/mol. The maximum absolute atomic E-state index is 5.37. The fourth-order valence-electron chi connectivity index (χ4n) is 2.24. The van der Waals surface area contributed by atoms with Crippen molar-refractivity contribution in [2.45, 2.75) is 13.0 Å². The molecule has 0 unspecified atom stereocenters. The highest BCUT2D eigenvalue weighted by Crippen LogP contribution is 2.36. The van der Waals surface area contributed by atoms with Gasteiger partial charge in [0.05, 0.1) is 18.7 Å². The number of nitrogens with zero attached hydrogens (tertiary/aromatic N) is 1. The summed E-state index contributed by atoms with van der Waals surface area (Å²) in [6.07, 6.45) is 0.986. The number of hydrogen-bond donors (Lipinski definition) is 2. The zero-order valence-corrected chi connectivity index (χ0v) is 19.2. The molecule has 0 amide bonds. The smallest absolute Gasteiger partial charge is 0.191 e. The Labute approximate surface area is 178 Å². The highest BCUT2D eigenvalue weighted by molar-refractivity contribution is 14.0. The molecule has 0 aliphatic carbocycles. The summed E-state index contributed by atoms with van der Waals surface area (Å²) in [4.78, 5) is 5.61. The zero-order chi connectivity index (χ0) is 17.4. The molecular weight excluding hydrogens is 517 g/mol. The Morgan fingerprint density at radius 2 is 2.04 bits per heavy atom. The summed E-state index contributed by atoms with van der Waals surface area (Å²) >= 11 is 5.28. The lowest BCUT2D eigenvalue weighted by molar-refractivity contribution is 0.352. The molecule has 138 valence electrons. The second kappa shape index (κ2) is 11.6. The summed E-state index contributed by atoms with van der Waals surface area (Å²) in [6, 6.07) is 8.18. The third-order valence-corrected chi connectivity index (χ3v) is 4.95. The largest absolute Gasteiger partial charge is 0.493 e. The van der Waals surface area contributed by atoms with Crippen LogP contribution < -0.4 is 20.1 Å². The van der Waals surface area contributed by atoms with Gasteiger partial charge in [-0.25, -0.2) is 0 Å². The van der Waals surface area contributed by atoms with Crippen LogP contribution in [0.5, 0.6) is 11.5 Å². The van der Waals surface area contributed by atoms with Gasteiger partial charge in [0, 0.05) is 25.0 Å². The number of halogens is 2. The minimum absolute atomic E-state index is 0. The number of benzene rings is 1. The Balaban J connectivity index is 0.00000312. The Morgan fingerprint density at radius 3 is 2.64 bits per heavy atom. The molecule has 1 aromatic heterocycles. The lowest BCUT2D eigenvalue weighted by Gasteiger charge is -2.14. The van der Waals surface area contributed by atoms with Crippen LogP contribution >= 0.6 is 51.2 Å². The fourth-order valence-corrected chi connectivity index (χ4v) is 3.60. The van der Waals surface area contributed by atoms with Crippen LogP contribution in [0.4, 0.5) is 0 Å².